The van der Waals surface area contributed by atoms with Crippen LogP contribution in [0.25, 0.3) is 21.9 Å². The molecule has 0 spiro atoms. The van der Waals surface area contributed by atoms with Crippen molar-refractivity contribution in [3.05, 3.63) is 45.8 Å². The van der Waals surface area contributed by atoms with Crippen LogP contribution in [-0.2, 0) is 0 Å². The molecule has 0 bridgehead atoms. The minimum absolute atomic E-state index is 0.00266. The summed E-state index contributed by atoms with van der Waals surface area (Å²) in [4.78, 5) is 30.1. The lowest BCUT2D eigenvalue weighted by atomic mass is 10.0. The highest BCUT2D eigenvalue weighted by Crippen LogP contribution is 2.38. The van der Waals surface area contributed by atoms with E-state index in [0.29, 0.717) is 19.6 Å². The lowest BCUT2D eigenvalue weighted by Crippen LogP contribution is -2.59. The van der Waals surface area contributed by atoms with Gasteiger partial charge in [0.15, 0.2) is 5.82 Å². The van der Waals surface area contributed by atoms with Gasteiger partial charge in [0.05, 0.1) is 12.0 Å². The van der Waals surface area contributed by atoms with Gasteiger partial charge >= 0.3 is 5.97 Å². The standard InChI is InChI=1S/C21H20F2N4O4/c22-15-6-10-5-13-19(29)14(21(30)31)9-27(12-1-2-12)20(13)25-17(10)16(23)18(15)26-7-11(8-26)24-3-4-28/h5-6,9,11-12,24,28H,1-4,7-8H2,(H,30,31). The van der Waals surface area contributed by atoms with Crippen LogP contribution in [0.5, 0.6) is 0 Å². The fraction of sp³-hybridized carbons (Fsp3) is 0.381. The molecule has 3 aromatic rings. The maximum atomic E-state index is 15.4. The third-order valence-corrected chi connectivity index (χ3v) is 5.87. The van der Waals surface area contributed by atoms with E-state index in [-0.39, 0.29) is 51.9 Å². The summed E-state index contributed by atoms with van der Waals surface area (Å²) in [6, 6.07) is 2.48. The lowest BCUT2D eigenvalue weighted by molar-refractivity contribution is 0.0695. The molecule has 2 fully saturated rings. The Hall–Kier alpha value is -3.11. The molecule has 1 aliphatic carbocycles. The zero-order valence-electron chi connectivity index (χ0n) is 16.4. The number of carbonyl (C=O) groups is 1. The SMILES string of the molecule is O=C(O)c1cn(C2CC2)c2nc3c(F)c(N4CC(NCCO)C4)c(F)cc3cc2c1=O. The second-order valence-corrected chi connectivity index (χ2v) is 8.05. The van der Waals surface area contributed by atoms with Gasteiger partial charge in [0, 0.05) is 43.3 Å². The summed E-state index contributed by atoms with van der Waals surface area (Å²) in [7, 11) is 0. The van der Waals surface area contributed by atoms with E-state index < -0.39 is 23.0 Å². The Bertz CT molecular complexity index is 1280. The maximum Gasteiger partial charge on any atom is 0.341 e. The fourth-order valence-electron chi connectivity index (χ4n) is 4.13. The lowest BCUT2D eigenvalue weighted by Gasteiger charge is -2.41. The van der Waals surface area contributed by atoms with Gasteiger partial charge < -0.3 is 25.0 Å². The highest BCUT2D eigenvalue weighted by molar-refractivity contribution is 5.97. The van der Waals surface area contributed by atoms with Gasteiger partial charge in [0.1, 0.15) is 28.2 Å². The summed E-state index contributed by atoms with van der Waals surface area (Å²) in [6.07, 6.45) is 2.88. The van der Waals surface area contributed by atoms with Crippen LogP contribution in [0.1, 0.15) is 29.2 Å². The first-order valence-corrected chi connectivity index (χ1v) is 10.1. The summed E-state index contributed by atoms with van der Waals surface area (Å²) in [5.74, 6) is -2.94. The molecule has 2 aromatic heterocycles. The zero-order valence-corrected chi connectivity index (χ0v) is 16.4. The van der Waals surface area contributed by atoms with Gasteiger partial charge in [0.2, 0.25) is 5.43 Å². The molecule has 0 radical (unpaired) electrons. The van der Waals surface area contributed by atoms with Gasteiger partial charge in [0.25, 0.3) is 0 Å². The zero-order chi connectivity index (χ0) is 21.9. The predicted octanol–water partition coefficient (Wildman–Crippen LogP) is 1.63. The number of hydrogen-bond donors (Lipinski definition) is 3. The normalized spacial score (nSPS) is 16.8. The predicted molar refractivity (Wildman–Crippen MR) is 110 cm³/mol. The number of nitrogens with one attached hydrogen (secondary N) is 1. The summed E-state index contributed by atoms with van der Waals surface area (Å²) in [5, 5.41) is 21.5. The van der Waals surface area contributed by atoms with Crippen molar-refractivity contribution < 1.29 is 23.8 Å². The molecule has 1 aliphatic heterocycles. The number of pyridine rings is 2. The van der Waals surface area contributed by atoms with E-state index in [1.54, 1.807) is 9.47 Å². The molecule has 31 heavy (non-hydrogen) atoms. The van der Waals surface area contributed by atoms with Crippen molar-refractivity contribution in [3.63, 3.8) is 0 Å². The molecule has 1 saturated carbocycles. The number of carboxylic acids is 1. The molecule has 5 rings (SSSR count). The van der Waals surface area contributed by atoms with E-state index in [4.69, 9.17) is 5.11 Å². The van der Waals surface area contributed by atoms with Gasteiger partial charge in [-0.2, -0.15) is 0 Å². The number of fused-ring (bicyclic) bond motifs is 2. The monoisotopic (exact) mass is 430 g/mol. The van der Waals surface area contributed by atoms with Crippen molar-refractivity contribution in [2.75, 3.05) is 31.1 Å². The molecule has 3 heterocycles. The average molecular weight is 430 g/mol. The first-order chi connectivity index (χ1) is 14.9. The number of nitrogens with zero attached hydrogens (tertiary/aromatic N) is 3. The Balaban J connectivity index is 1.65. The molecule has 2 aliphatic rings. The van der Waals surface area contributed by atoms with Crippen molar-refractivity contribution in [3.8, 4) is 0 Å². The number of carboxylic acid groups (broad SMARTS) is 1. The van der Waals surface area contributed by atoms with Crippen molar-refractivity contribution in [2.24, 2.45) is 0 Å². The minimum Gasteiger partial charge on any atom is -0.477 e. The van der Waals surface area contributed by atoms with Gasteiger partial charge in [-0.05, 0) is 25.0 Å². The Morgan fingerprint density at radius 1 is 1.26 bits per heavy atom. The second-order valence-electron chi connectivity index (χ2n) is 8.05. The Morgan fingerprint density at radius 2 is 2.00 bits per heavy atom. The molecule has 0 unspecified atom stereocenters. The quantitative estimate of drug-likeness (QED) is 0.510. The molecular formula is C21H20F2N4O4. The first-order valence-electron chi connectivity index (χ1n) is 10.1. The molecule has 1 aromatic carbocycles. The van der Waals surface area contributed by atoms with Crippen molar-refractivity contribution >= 4 is 33.6 Å². The van der Waals surface area contributed by atoms with Crippen LogP contribution in [0.4, 0.5) is 14.5 Å². The number of benzene rings is 1. The summed E-state index contributed by atoms with van der Waals surface area (Å²) < 4.78 is 31.8. The highest BCUT2D eigenvalue weighted by atomic mass is 19.1. The van der Waals surface area contributed by atoms with Crippen LogP contribution in [0.2, 0.25) is 0 Å². The van der Waals surface area contributed by atoms with Crippen LogP contribution in [-0.4, -0.2) is 58.0 Å². The molecule has 3 N–H and O–H groups in total. The molecular weight excluding hydrogens is 410 g/mol. The van der Waals surface area contributed by atoms with Gasteiger partial charge in [-0.25, -0.2) is 18.6 Å². The first kappa shape index (κ1) is 19.8. The summed E-state index contributed by atoms with van der Waals surface area (Å²) >= 11 is 0. The van der Waals surface area contributed by atoms with Crippen molar-refractivity contribution in [1.82, 2.24) is 14.9 Å². The van der Waals surface area contributed by atoms with Gasteiger partial charge in [-0.1, -0.05) is 0 Å². The van der Waals surface area contributed by atoms with Gasteiger partial charge in [-0.3, -0.25) is 4.79 Å². The molecule has 10 heteroatoms. The molecule has 162 valence electrons. The smallest absolute Gasteiger partial charge is 0.341 e. The van der Waals surface area contributed by atoms with Crippen LogP contribution in [0.3, 0.4) is 0 Å². The van der Waals surface area contributed by atoms with E-state index in [9.17, 15) is 19.1 Å². The van der Waals surface area contributed by atoms with Crippen LogP contribution >= 0.6 is 0 Å². The number of aliphatic hydroxyl groups is 1. The molecule has 0 atom stereocenters. The van der Waals surface area contributed by atoms with E-state index in [0.717, 1.165) is 18.9 Å². The second kappa shape index (κ2) is 7.24. The number of anilines is 1. The minimum atomic E-state index is -1.35. The number of hydrogen-bond acceptors (Lipinski definition) is 6. The van der Waals surface area contributed by atoms with Gasteiger partial charge in [-0.15, -0.1) is 0 Å². The molecule has 8 nitrogen and oxygen atoms in total. The van der Waals surface area contributed by atoms with E-state index >= 15 is 4.39 Å². The van der Waals surface area contributed by atoms with E-state index in [1.807, 2.05) is 0 Å². The summed E-state index contributed by atoms with van der Waals surface area (Å²) in [5.41, 5.74) is -1.15. The topological polar surface area (TPSA) is 108 Å². The number of aromatic nitrogens is 2. The van der Waals surface area contributed by atoms with Crippen molar-refractivity contribution in [1.29, 1.82) is 0 Å². The number of rotatable bonds is 6. The van der Waals surface area contributed by atoms with Crippen LogP contribution < -0.4 is 15.6 Å². The largest absolute Gasteiger partial charge is 0.477 e. The third kappa shape index (κ3) is 3.22. The summed E-state index contributed by atoms with van der Waals surface area (Å²) in [6.45, 7) is 1.17. The Labute approximate surface area is 174 Å². The fourth-order valence-corrected chi connectivity index (χ4v) is 4.13. The molecule has 1 saturated heterocycles. The molecule has 0 amide bonds. The Kier molecular flexibility index (Phi) is 4.63. The van der Waals surface area contributed by atoms with Crippen LogP contribution in [0.15, 0.2) is 23.1 Å². The highest BCUT2D eigenvalue weighted by Gasteiger charge is 2.32. The number of aromatic carboxylic acids is 1. The Morgan fingerprint density at radius 3 is 2.65 bits per heavy atom. The van der Waals surface area contributed by atoms with E-state index in [2.05, 4.69) is 10.3 Å². The number of aliphatic hydroxyl groups excluding tert-OH is 1. The maximum absolute atomic E-state index is 15.4. The third-order valence-electron chi connectivity index (χ3n) is 5.87. The number of halogens is 2. The van der Waals surface area contributed by atoms with Crippen molar-refractivity contribution in [2.45, 2.75) is 24.9 Å². The average Bonchev–Trinajstić information content (AvgIpc) is 3.53. The van der Waals surface area contributed by atoms with E-state index in [1.165, 1.54) is 12.3 Å². The van der Waals surface area contributed by atoms with Crippen LogP contribution in [0, 0.1) is 11.6 Å².